The van der Waals surface area contributed by atoms with Crippen molar-refractivity contribution in [3.8, 4) is 0 Å². The second-order valence-corrected chi connectivity index (χ2v) is 8.81. The molecule has 3 aliphatic rings. The Morgan fingerprint density at radius 2 is 1.76 bits per heavy atom. The van der Waals surface area contributed by atoms with Gasteiger partial charge in [0.15, 0.2) is 10.9 Å². The summed E-state index contributed by atoms with van der Waals surface area (Å²) in [6, 6.07) is 6.03. The van der Waals surface area contributed by atoms with Gasteiger partial charge in [-0.2, -0.15) is 0 Å². The van der Waals surface area contributed by atoms with E-state index in [2.05, 4.69) is 10.2 Å². The van der Waals surface area contributed by atoms with Crippen molar-refractivity contribution in [1.82, 2.24) is 15.1 Å². The molecule has 29 heavy (non-hydrogen) atoms. The van der Waals surface area contributed by atoms with Crippen molar-refractivity contribution in [3.05, 3.63) is 35.6 Å². The summed E-state index contributed by atoms with van der Waals surface area (Å²) >= 11 is 5.46. The number of carbonyl (C=O) groups excluding carboxylic acids is 2. The van der Waals surface area contributed by atoms with E-state index in [-0.39, 0.29) is 35.4 Å². The lowest BCUT2D eigenvalue weighted by atomic mass is 9.82. The maximum absolute atomic E-state index is 13.1. The lowest BCUT2D eigenvalue weighted by molar-refractivity contribution is -0.135. The second-order valence-electron chi connectivity index (χ2n) is 8.42. The van der Waals surface area contributed by atoms with E-state index in [4.69, 9.17) is 12.2 Å². The van der Waals surface area contributed by atoms with Crippen LogP contribution >= 0.6 is 12.2 Å². The van der Waals surface area contributed by atoms with E-state index in [1.54, 1.807) is 17.0 Å². The number of ketones is 1. The fourth-order valence-electron chi connectivity index (χ4n) is 4.86. The fourth-order valence-corrected chi connectivity index (χ4v) is 5.19. The Kier molecular flexibility index (Phi) is 6.25. The maximum Gasteiger partial charge on any atom is 0.233 e. The number of hydrogen-bond donors (Lipinski definition) is 1. The number of benzene rings is 1. The predicted octanol–water partition coefficient (Wildman–Crippen LogP) is 3.00. The van der Waals surface area contributed by atoms with Gasteiger partial charge in [-0.1, -0.05) is 12.8 Å². The van der Waals surface area contributed by atoms with Crippen LogP contribution in [0.4, 0.5) is 4.39 Å². The van der Waals surface area contributed by atoms with Gasteiger partial charge in [-0.15, -0.1) is 0 Å². The average molecular weight is 418 g/mol. The van der Waals surface area contributed by atoms with Crippen molar-refractivity contribution in [2.24, 2.45) is 11.8 Å². The molecule has 2 saturated heterocycles. The van der Waals surface area contributed by atoms with E-state index in [0.29, 0.717) is 17.2 Å². The molecule has 156 valence electrons. The van der Waals surface area contributed by atoms with Gasteiger partial charge >= 0.3 is 0 Å². The molecule has 1 aliphatic carbocycles. The van der Waals surface area contributed by atoms with E-state index in [1.807, 2.05) is 0 Å². The Morgan fingerprint density at radius 1 is 1.07 bits per heavy atom. The van der Waals surface area contributed by atoms with Crippen LogP contribution in [0.3, 0.4) is 0 Å². The smallest absolute Gasteiger partial charge is 0.233 e. The molecule has 7 heteroatoms. The summed E-state index contributed by atoms with van der Waals surface area (Å²) in [5, 5.41) is 3.95. The number of halogens is 1. The van der Waals surface area contributed by atoms with Gasteiger partial charge in [-0.3, -0.25) is 14.5 Å². The van der Waals surface area contributed by atoms with Crippen LogP contribution in [-0.4, -0.2) is 58.8 Å². The summed E-state index contributed by atoms with van der Waals surface area (Å²) in [5.74, 6) is 0.00793. The number of hydrogen-bond acceptors (Lipinski definition) is 4. The molecular weight excluding hydrogens is 389 g/mol. The number of nitrogens with one attached hydrogen (secondary N) is 1. The summed E-state index contributed by atoms with van der Waals surface area (Å²) in [6.45, 7) is 3.02. The van der Waals surface area contributed by atoms with Gasteiger partial charge in [0.05, 0.1) is 5.92 Å². The van der Waals surface area contributed by atoms with Gasteiger partial charge in [0.25, 0.3) is 0 Å². The number of piperidine rings is 1. The third-order valence-corrected chi connectivity index (χ3v) is 6.97. The Bertz CT molecular complexity index is 777. The SMILES string of the molecule is O=C(c1ccc(F)cc1)C1CCN(CCN2C(=O)C3CCCCC3NC2=S)CC1. The van der Waals surface area contributed by atoms with Crippen LogP contribution in [0, 0.1) is 17.7 Å². The van der Waals surface area contributed by atoms with Crippen LogP contribution in [0.2, 0.25) is 0 Å². The lowest BCUT2D eigenvalue weighted by Gasteiger charge is -2.42. The number of Topliss-reactive ketones (excluding diaryl/α,β-unsaturated/α-hetero) is 1. The van der Waals surface area contributed by atoms with Crippen molar-refractivity contribution in [2.45, 2.75) is 44.6 Å². The predicted molar refractivity (Wildman–Crippen MR) is 113 cm³/mol. The zero-order chi connectivity index (χ0) is 20.4. The molecule has 1 aromatic carbocycles. The van der Waals surface area contributed by atoms with E-state index >= 15 is 0 Å². The molecule has 0 spiro atoms. The lowest BCUT2D eigenvalue weighted by Crippen LogP contribution is -2.61. The molecule has 0 bridgehead atoms. The number of thiocarbonyl (C=S) groups is 1. The molecule has 3 fully saturated rings. The molecule has 2 unspecified atom stereocenters. The molecule has 0 aromatic heterocycles. The summed E-state index contributed by atoms with van der Waals surface area (Å²) in [6.07, 6.45) is 5.84. The number of likely N-dealkylation sites (tertiary alicyclic amines) is 1. The summed E-state index contributed by atoms with van der Waals surface area (Å²) in [7, 11) is 0. The number of nitrogens with zero attached hydrogens (tertiary/aromatic N) is 2. The fraction of sp³-hybridized carbons (Fsp3) is 0.591. The van der Waals surface area contributed by atoms with Crippen LogP contribution in [0.5, 0.6) is 0 Å². The summed E-state index contributed by atoms with van der Waals surface area (Å²) < 4.78 is 13.1. The molecule has 1 N–H and O–H groups in total. The quantitative estimate of drug-likeness (QED) is 0.590. The Balaban J connectivity index is 1.26. The highest BCUT2D eigenvalue weighted by Crippen LogP contribution is 2.29. The van der Waals surface area contributed by atoms with Gasteiger partial charge < -0.3 is 10.2 Å². The number of carbonyl (C=O) groups is 2. The Hall–Kier alpha value is -1.86. The van der Waals surface area contributed by atoms with Gasteiger partial charge in [0.2, 0.25) is 5.91 Å². The first-order valence-corrected chi connectivity index (χ1v) is 11.1. The van der Waals surface area contributed by atoms with Crippen molar-refractivity contribution >= 4 is 29.0 Å². The van der Waals surface area contributed by atoms with Gasteiger partial charge in [0.1, 0.15) is 5.82 Å². The van der Waals surface area contributed by atoms with Crippen LogP contribution in [-0.2, 0) is 4.79 Å². The molecule has 1 amide bonds. The molecule has 1 aromatic rings. The normalized spacial score (nSPS) is 26.2. The van der Waals surface area contributed by atoms with Crippen LogP contribution in [0.25, 0.3) is 0 Å². The first kappa shape index (κ1) is 20.4. The van der Waals surface area contributed by atoms with Crippen molar-refractivity contribution in [3.63, 3.8) is 0 Å². The third kappa shape index (κ3) is 4.51. The number of amides is 1. The Labute approximate surface area is 176 Å². The third-order valence-electron chi connectivity index (χ3n) is 6.63. The zero-order valence-corrected chi connectivity index (χ0v) is 17.4. The van der Waals surface area contributed by atoms with Crippen molar-refractivity contribution in [2.75, 3.05) is 26.2 Å². The first-order chi connectivity index (χ1) is 14.0. The van der Waals surface area contributed by atoms with E-state index in [1.165, 1.54) is 12.1 Å². The standard InChI is InChI=1S/C22H28FN3O2S/c23-17-7-5-15(6-8-17)20(27)16-9-11-25(12-10-16)13-14-26-21(28)18-3-1-2-4-19(18)24-22(26)29/h5-8,16,18-19H,1-4,9-14H2,(H,24,29). The highest BCUT2D eigenvalue weighted by atomic mass is 32.1. The molecule has 0 radical (unpaired) electrons. The second kappa shape index (κ2) is 8.88. The highest BCUT2D eigenvalue weighted by Gasteiger charge is 2.40. The molecular formula is C22H28FN3O2S. The monoisotopic (exact) mass is 417 g/mol. The van der Waals surface area contributed by atoms with E-state index < -0.39 is 0 Å². The minimum absolute atomic E-state index is 0.0148. The van der Waals surface area contributed by atoms with E-state index in [0.717, 1.165) is 58.2 Å². The first-order valence-electron chi connectivity index (χ1n) is 10.7. The van der Waals surface area contributed by atoms with Gasteiger partial charge in [-0.25, -0.2) is 4.39 Å². The molecule has 2 heterocycles. The number of rotatable bonds is 5. The topological polar surface area (TPSA) is 52.7 Å². The number of fused-ring (bicyclic) bond motifs is 1. The summed E-state index contributed by atoms with van der Waals surface area (Å²) in [4.78, 5) is 29.5. The van der Waals surface area contributed by atoms with Crippen LogP contribution in [0.1, 0.15) is 48.9 Å². The summed E-state index contributed by atoms with van der Waals surface area (Å²) in [5.41, 5.74) is 0.585. The molecule has 4 rings (SSSR count). The Morgan fingerprint density at radius 3 is 2.48 bits per heavy atom. The molecule has 1 saturated carbocycles. The zero-order valence-electron chi connectivity index (χ0n) is 16.6. The molecule has 2 aliphatic heterocycles. The van der Waals surface area contributed by atoms with Gasteiger partial charge in [0, 0.05) is 30.6 Å². The average Bonchev–Trinajstić information content (AvgIpc) is 2.74. The minimum atomic E-state index is -0.324. The molecule has 2 atom stereocenters. The molecule has 5 nitrogen and oxygen atoms in total. The highest BCUT2D eigenvalue weighted by molar-refractivity contribution is 7.80. The maximum atomic E-state index is 13.1. The van der Waals surface area contributed by atoms with Crippen LogP contribution in [0.15, 0.2) is 24.3 Å². The van der Waals surface area contributed by atoms with Crippen molar-refractivity contribution < 1.29 is 14.0 Å². The van der Waals surface area contributed by atoms with Gasteiger partial charge in [-0.05, 0) is 75.3 Å². The van der Waals surface area contributed by atoms with Crippen molar-refractivity contribution in [1.29, 1.82) is 0 Å². The van der Waals surface area contributed by atoms with E-state index in [9.17, 15) is 14.0 Å². The largest absolute Gasteiger partial charge is 0.359 e. The minimum Gasteiger partial charge on any atom is -0.359 e. The van der Waals surface area contributed by atoms with Crippen LogP contribution < -0.4 is 5.32 Å².